The van der Waals surface area contributed by atoms with E-state index in [-0.39, 0.29) is 0 Å². The fraction of sp³-hybridized carbons (Fsp3) is 0. The molecule has 0 radical (unpaired) electrons. The van der Waals surface area contributed by atoms with E-state index in [9.17, 15) is 0 Å². The van der Waals surface area contributed by atoms with Crippen LogP contribution in [0.3, 0.4) is 0 Å². The molecule has 9 heavy (non-hydrogen) atoms. The Morgan fingerprint density at radius 2 is 2.56 bits per heavy atom. The molecule has 0 aromatic carbocycles. The lowest BCUT2D eigenvalue weighted by atomic mass is 10.4. The van der Waals surface area contributed by atoms with Crippen LogP contribution in [-0.4, -0.2) is 11.4 Å². The molecular weight excluding hydrogens is 158 g/mol. The average Bonchev–Trinajstić information content (AvgIpc) is 2.18. The molecule has 48 valence electrons. The minimum absolute atomic E-state index is 0.646. The van der Waals surface area contributed by atoms with E-state index in [1.165, 1.54) is 17.6 Å². The van der Waals surface area contributed by atoms with E-state index in [4.69, 9.17) is 16.8 Å². The highest BCUT2D eigenvalue weighted by atomic mass is 35.5. The minimum Gasteiger partial charge on any atom is -0.411 e. The van der Waals surface area contributed by atoms with Gasteiger partial charge in [-0.2, -0.15) is 0 Å². The molecule has 0 bridgehead atoms. The van der Waals surface area contributed by atoms with Gasteiger partial charge in [-0.05, 0) is 11.4 Å². The highest BCUT2D eigenvalue weighted by Crippen LogP contribution is 2.20. The van der Waals surface area contributed by atoms with Gasteiger partial charge in [0.1, 0.15) is 4.34 Å². The molecule has 0 amide bonds. The van der Waals surface area contributed by atoms with E-state index in [1.54, 1.807) is 6.07 Å². The summed E-state index contributed by atoms with van der Waals surface area (Å²) in [7, 11) is 0. The molecule has 4 heteroatoms. The maximum Gasteiger partial charge on any atom is 0.102 e. The second-order valence-electron chi connectivity index (χ2n) is 1.39. The standard InChI is InChI=1S/C5H4ClNOS/c6-5-4(3-7-8)1-2-9-5/h1-3,8H/b7-3+. The number of rotatable bonds is 1. The zero-order valence-corrected chi connectivity index (χ0v) is 5.99. The monoisotopic (exact) mass is 161 g/mol. The van der Waals surface area contributed by atoms with Crippen molar-refractivity contribution in [1.29, 1.82) is 0 Å². The van der Waals surface area contributed by atoms with E-state index in [0.29, 0.717) is 4.34 Å². The Kier molecular flexibility index (Phi) is 2.08. The van der Waals surface area contributed by atoms with E-state index in [0.717, 1.165) is 5.56 Å². The quantitative estimate of drug-likeness (QED) is 0.382. The Morgan fingerprint density at radius 1 is 1.78 bits per heavy atom. The molecule has 2 nitrogen and oxygen atoms in total. The smallest absolute Gasteiger partial charge is 0.102 e. The van der Waals surface area contributed by atoms with Crippen LogP contribution in [-0.2, 0) is 0 Å². The largest absolute Gasteiger partial charge is 0.411 e. The summed E-state index contributed by atoms with van der Waals surface area (Å²) < 4.78 is 0.646. The molecule has 1 heterocycles. The lowest BCUT2D eigenvalue weighted by Crippen LogP contribution is -1.73. The number of thiophene rings is 1. The summed E-state index contributed by atoms with van der Waals surface area (Å²) in [4.78, 5) is 0. The van der Waals surface area contributed by atoms with Crippen LogP contribution in [0.2, 0.25) is 4.34 Å². The highest BCUT2D eigenvalue weighted by molar-refractivity contribution is 7.14. The van der Waals surface area contributed by atoms with Crippen molar-refractivity contribution in [1.82, 2.24) is 0 Å². The van der Waals surface area contributed by atoms with Crippen LogP contribution in [0.25, 0.3) is 0 Å². The summed E-state index contributed by atoms with van der Waals surface area (Å²) >= 11 is 7.04. The third-order valence-corrected chi connectivity index (χ3v) is 2.04. The predicted octanol–water partition coefficient (Wildman–Crippen LogP) is 2.21. The van der Waals surface area contributed by atoms with Crippen molar-refractivity contribution in [2.75, 3.05) is 0 Å². The molecule has 1 N–H and O–H groups in total. The van der Waals surface area contributed by atoms with Gasteiger partial charge in [0.15, 0.2) is 0 Å². The van der Waals surface area contributed by atoms with Crippen LogP contribution in [0.4, 0.5) is 0 Å². The van der Waals surface area contributed by atoms with E-state index >= 15 is 0 Å². The summed E-state index contributed by atoms with van der Waals surface area (Å²) in [5.41, 5.74) is 0.754. The van der Waals surface area contributed by atoms with Crippen molar-refractivity contribution in [3.05, 3.63) is 21.3 Å². The lowest BCUT2D eigenvalue weighted by molar-refractivity contribution is 0.322. The molecule has 0 fully saturated rings. The Bertz CT molecular complexity index is 220. The number of hydrogen-bond acceptors (Lipinski definition) is 3. The molecule has 1 aromatic heterocycles. The second-order valence-corrected chi connectivity index (χ2v) is 2.91. The van der Waals surface area contributed by atoms with Gasteiger partial charge < -0.3 is 5.21 Å². The molecule has 0 spiro atoms. The van der Waals surface area contributed by atoms with Gasteiger partial charge in [-0.25, -0.2) is 0 Å². The summed E-state index contributed by atoms with van der Waals surface area (Å²) in [5, 5.41) is 12.7. The molecule has 1 aromatic rings. The van der Waals surface area contributed by atoms with E-state index in [1.807, 2.05) is 5.38 Å². The third kappa shape index (κ3) is 1.43. The van der Waals surface area contributed by atoms with Gasteiger partial charge in [0.05, 0.1) is 6.21 Å². The van der Waals surface area contributed by atoms with Crippen LogP contribution in [0, 0.1) is 0 Å². The van der Waals surface area contributed by atoms with Crippen molar-refractivity contribution >= 4 is 29.2 Å². The van der Waals surface area contributed by atoms with E-state index < -0.39 is 0 Å². The normalized spacial score (nSPS) is 10.8. The van der Waals surface area contributed by atoms with Crippen LogP contribution in [0.15, 0.2) is 16.6 Å². The fourth-order valence-electron chi connectivity index (χ4n) is 0.457. The Morgan fingerprint density at radius 3 is 3.00 bits per heavy atom. The topological polar surface area (TPSA) is 32.6 Å². The van der Waals surface area contributed by atoms with Gasteiger partial charge in [-0.15, -0.1) is 11.3 Å². The van der Waals surface area contributed by atoms with Crippen molar-refractivity contribution in [3.63, 3.8) is 0 Å². The Hall–Kier alpha value is -0.540. The van der Waals surface area contributed by atoms with Gasteiger partial charge in [0, 0.05) is 5.56 Å². The lowest BCUT2D eigenvalue weighted by Gasteiger charge is -1.80. The van der Waals surface area contributed by atoms with Gasteiger partial charge in [0.25, 0.3) is 0 Å². The van der Waals surface area contributed by atoms with Gasteiger partial charge in [0.2, 0.25) is 0 Å². The molecule has 0 unspecified atom stereocenters. The number of nitrogens with zero attached hydrogens (tertiary/aromatic N) is 1. The maximum absolute atomic E-state index is 8.08. The zero-order chi connectivity index (χ0) is 6.69. The molecule has 0 saturated carbocycles. The first-order valence-electron chi connectivity index (χ1n) is 2.25. The SMILES string of the molecule is O/N=C/c1ccsc1Cl. The summed E-state index contributed by atoms with van der Waals surface area (Å²) in [6, 6.07) is 1.78. The first-order valence-corrected chi connectivity index (χ1v) is 3.51. The van der Waals surface area contributed by atoms with Crippen LogP contribution in [0.1, 0.15) is 5.56 Å². The van der Waals surface area contributed by atoms with Crippen molar-refractivity contribution in [2.24, 2.45) is 5.16 Å². The molecule has 1 rings (SSSR count). The number of halogens is 1. The molecule has 0 aliphatic carbocycles. The van der Waals surface area contributed by atoms with Crippen LogP contribution < -0.4 is 0 Å². The van der Waals surface area contributed by atoms with Gasteiger partial charge >= 0.3 is 0 Å². The van der Waals surface area contributed by atoms with Gasteiger partial charge in [-0.3, -0.25) is 0 Å². The molecule has 0 atom stereocenters. The number of oxime groups is 1. The van der Waals surface area contributed by atoms with Crippen molar-refractivity contribution in [2.45, 2.75) is 0 Å². The first kappa shape index (κ1) is 6.58. The summed E-state index contributed by atoms with van der Waals surface area (Å²) in [6.07, 6.45) is 1.30. The van der Waals surface area contributed by atoms with Gasteiger partial charge in [-0.1, -0.05) is 16.8 Å². The van der Waals surface area contributed by atoms with E-state index in [2.05, 4.69) is 5.16 Å². The van der Waals surface area contributed by atoms with Crippen molar-refractivity contribution in [3.8, 4) is 0 Å². The summed E-state index contributed by atoms with van der Waals surface area (Å²) in [6.45, 7) is 0. The molecule has 0 aliphatic rings. The first-order chi connectivity index (χ1) is 4.34. The Labute approximate surface area is 61.4 Å². The third-order valence-electron chi connectivity index (χ3n) is 0.843. The zero-order valence-electron chi connectivity index (χ0n) is 4.41. The number of hydrogen-bond donors (Lipinski definition) is 1. The second kappa shape index (κ2) is 2.85. The van der Waals surface area contributed by atoms with Crippen LogP contribution >= 0.6 is 22.9 Å². The predicted molar refractivity (Wildman–Crippen MR) is 38.7 cm³/mol. The fourth-order valence-corrected chi connectivity index (χ4v) is 1.31. The van der Waals surface area contributed by atoms with Crippen molar-refractivity contribution < 1.29 is 5.21 Å². The molecule has 0 saturated heterocycles. The minimum atomic E-state index is 0.646. The van der Waals surface area contributed by atoms with Crippen LogP contribution in [0.5, 0.6) is 0 Å². The Balaban J connectivity index is 2.94. The highest BCUT2D eigenvalue weighted by Gasteiger charge is 1.95. The maximum atomic E-state index is 8.08. The average molecular weight is 162 g/mol. The summed E-state index contributed by atoms with van der Waals surface area (Å²) in [5.74, 6) is 0. The molecular formula is C5H4ClNOS. The molecule has 0 aliphatic heterocycles.